The molecular formula is C21H26N4O. The molecule has 2 aromatic heterocycles. The molecule has 0 saturated heterocycles. The van der Waals surface area contributed by atoms with Gasteiger partial charge in [-0.2, -0.15) is 0 Å². The molecule has 0 atom stereocenters. The maximum Gasteiger partial charge on any atom is 0.254 e. The third-order valence-electron chi connectivity index (χ3n) is 4.66. The number of H-pyrrole nitrogens is 1. The molecule has 5 nitrogen and oxygen atoms in total. The minimum atomic E-state index is -0.0403. The molecule has 0 amide bonds. The van der Waals surface area contributed by atoms with Crippen molar-refractivity contribution in [1.29, 1.82) is 0 Å². The second-order valence-electron chi connectivity index (χ2n) is 7.43. The van der Waals surface area contributed by atoms with Crippen molar-refractivity contribution in [2.24, 2.45) is 5.92 Å². The van der Waals surface area contributed by atoms with Gasteiger partial charge in [-0.25, -0.2) is 15.0 Å². The van der Waals surface area contributed by atoms with E-state index in [1.807, 2.05) is 13.8 Å². The first-order valence-corrected chi connectivity index (χ1v) is 9.16. The Morgan fingerprint density at radius 1 is 1.04 bits per heavy atom. The van der Waals surface area contributed by atoms with Crippen LogP contribution in [0.4, 0.5) is 0 Å². The second kappa shape index (κ2) is 7.36. The summed E-state index contributed by atoms with van der Waals surface area (Å²) in [6.45, 7) is 10.3. The Bertz CT molecular complexity index is 1000. The SMILES string of the molecule is Cc1ccc2c(C)nc(Cc3nc(C)c(CCC(C)C)c(=O)[nH]3)nc2c1. The van der Waals surface area contributed by atoms with Crippen LogP contribution in [0, 0.1) is 26.7 Å². The Labute approximate surface area is 153 Å². The first-order chi connectivity index (χ1) is 12.3. The van der Waals surface area contributed by atoms with Crippen LogP contribution in [0.25, 0.3) is 10.9 Å². The van der Waals surface area contributed by atoms with Gasteiger partial charge < -0.3 is 4.98 Å². The minimum Gasteiger partial charge on any atom is -0.310 e. The predicted octanol–water partition coefficient (Wildman–Crippen LogP) is 3.82. The van der Waals surface area contributed by atoms with Crippen LogP contribution >= 0.6 is 0 Å². The van der Waals surface area contributed by atoms with Crippen molar-refractivity contribution in [3.8, 4) is 0 Å². The number of hydrogen-bond acceptors (Lipinski definition) is 4. The highest BCUT2D eigenvalue weighted by atomic mass is 16.1. The standard InChI is InChI=1S/C21H26N4O/c1-12(2)6-8-17-15(5)23-20(25-21(17)26)11-19-22-14(4)16-9-7-13(3)10-18(16)24-19/h7,9-10,12H,6,8,11H2,1-5H3,(H,23,25,26). The molecule has 26 heavy (non-hydrogen) atoms. The Morgan fingerprint density at radius 3 is 2.50 bits per heavy atom. The lowest BCUT2D eigenvalue weighted by molar-refractivity contribution is 0.581. The zero-order chi connectivity index (χ0) is 18.8. The summed E-state index contributed by atoms with van der Waals surface area (Å²) in [6.07, 6.45) is 2.17. The van der Waals surface area contributed by atoms with E-state index in [4.69, 9.17) is 0 Å². The van der Waals surface area contributed by atoms with Gasteiger partial charge in [0.05, 0.1) is 11.9 Å². The van der Waals surface area contributed by atoms with Gasteiger partial charge in [0.1, 0.15) is 11.6 Å². The Kier molecular flexibility index (Phi) is 5.16. The number of rotatable bonds is 5. The fourth-order valence-corrected chi connectivity index (χ4v) is 3.17. The van der Waals surface area contributed by atoms with E-state index in [1.54, 1.807) is 0 Å². The van der Waals surface area contributed by atoms with Crippen molar-refractivity contribution in [2.45, 2.75) is 53.9 Å². The quantitative estimate of drug-likeness (QED) is 0.759. The molecule has 2 heterocycles. The molecule has 0 radical (unpaired) electrons. The molecule has 0 aliphatic carbocycles. The first-order valence-electron chi connectivity index (χ1n) is 9.16. The van der Waals surface area contributed by atoms with E-state index in [0.29, 0.717) is 24.0 Å². The summed E-state index contributed by atoms with van der Waals surface area (Å²) in [4.78, 5) is 29.2. The summed E-state index contributed by atoms with van der Waals surface area (Å²) >= 11 is 0. The first kappa shape index (κ1) is 18.2. The topological polar surface area (TPSA) is 71.5 Å². The maximum atomic E-state index is 12.5. The molecule has 136 valence electrons. The van der Waals surface area contributed by atoms with E-state index in [2.05, 4.69) is 58.9 Å². The Morgan fingerprint density at radius 2 is 1.81 bits per heavy atom. The van der Waals surface area contributed by atoms with Crippen LogP contribution in [-0.2, 0) is 12.8 Å². The van der Waals surface area contributed by atoms with Gasteiger partial charge in [-0.1, -0.05) is 26.0 Å². The van der Waals surface area contributed by atoms with Crippen LogP contribution in [0.1, 0.15) is 54.4 Å². The number of benzene rings is 1. The van der Waals surface area contributed by atoms with Crippen LogP contribution < -0.4 is 5.56 Å². The molecule has 1 aromatic carbocycles. The molecular weight excluding hydrogens is 324 g/mol. The zero-order valence-electron chi connectivity index (χ0n) is 16.2. The summed E-state index contributed by atoms with van der Waals surface area (Å²) in [7, 11) is 0. The van der Waals surface area contributed by atoms with E-state index in [9.17, 15) is 4.79 Å². The van der Waals surface area contributed by atoms with E-state index < -0.39 is 0 Å². The van der Waals surface area contributed by atoms with Crippen LogP contribution in [0.3, 0.4) is 0 Å². The van der Waals surface area contributed by atoms with E-state index in [0.717, 1.165) is 40.7 Å². The highest BCUT2D eigenvalue weighted by Crippen LogP contribution is 2.17. The fraction of sp³-hybridized carbons (Fsp3) is 0.429. The average Bonchev–Trinajstić information content (AvgIpc) is 2.53. The largest absolute Gasteiger partial charge is 0.310 e. The van der Waals surface area contributed by atoms with Gasteiger partial charge >= 0.3 is 0 Å². The van der Waals surface area contributed by atoms with Gasteiger partial charge in [-0.05, 0) is 51.2 Å². The molecule has 0 aliphatic rings. The van der Waals surface area contributed by atoms with Gasteiger partial charge in [0.15, 0.2) is 0 Å². The molecule has 0 saturated carbocycles. The van der Waals surface area contributed by atoms with Crippen molar-refractivity contribution in [2.75, 3.05) is 0 Å². The van der Waals surface area contributed by atoms with Crippen LogP contribution in [0.15, 0.2) is 23.0 Å². The Hall–Kier alpha value is -2.56. The molecule has 3 aromatic rings. The number of fused-ring (bicyclic) bond motifs is 1. The van der Waals surface area contributed by atoms with Crippen LogP contribution in [0.5, 0.6) is 0 Å². The normalized spacial score (nSPS) is 11.5. The molecule has 0 unspecified atom stereocenters. The van der Waals surface area contributed by atoms with E-state index in [-0.39, 0.29) is 5.56 Å². The summed E-state index contributed by atoms with van der Waals surface area (Å²) in [6, 6.07) is 6.18. The van der Waals surface area contributed by atoms with Gasteiger partial charge in [0, 0.05) is 22.3 Å². The number of aromatic amines is 1. The van der Waals surface area contributed by atoms with Crippen LogP contribution in [-0.4, -0.2) is 19.9 Å². The lowest BCUT2D eigenvalue weighted by Crippen LogP contribution is -2.20. The zero-order valence-corrected chi connectivity index (χ0v) is 16.2. The fourth-order valence-electron chi connectivity index (χ4n) is 3.17. The molecule has 0 spiro atoms. The predicted molar refractivity (Wildman–Crippen MR) is 105 cm³/mol. The monoisotopic (exact) mass is 350 g/mol. The number of nitrogens with one attached hydrogen (secondary N) is 1. The summed E-state index contributed by atoms with van der Waals surface area (Å²) in [5.74, 6) is 1.86. The minimum absolute atomic E-state index is 0.0403. The highest BCUT2D eigenvalue weighted by Gasteiger charge is 2.12. The average molecular weight is 350 g/mol. The number of nitrogens with zero attached hydrogens (tertiary/aromatic N) is 3. The van der Waals surface area contributed by atoms with Crippen molar-refractivity contribution in [1.82, 2.24) is 19.9 Å². The Balaban J connectivity index is 1.91. The molecule has 5 heteroatoms. The maximum absolute atomic E-state index is 12.5. The molecule has 0 bridgehead atoms. The van der Waals surface area contributed by atoms with Gasteiger partial charge in [-0.15, -0.1) is 0 Å². The van der Waals surface area contributed by atoms with Gasteiger partial charge in [0.2, 0.25) is 0 Å². The molecule has 0 fully saturated rings. The summed E-state index contributed by atoms with van der Waals surface area (Å²) < 4.78 is 0. The van der Waals surface area contributed by atoms with Crippen molar-refractivity contribution in [3.63, 3.8) is 0 Å². The third kappa shape index (κ3) is 3.98. The van der Waals surface area contributed by atoms with Gasteiger partial charge in [-0.3, -0.25) is 4.79 Å². The third-order valence-corrected chi connectivity index (χ3v) is 4.66. The lowest BCUT2D eigenvalue weighted by atomic mass is 10.0. The van der Waals surface area contributed by atoms with Crippen LogP contribution in [0.2, 0.25) is 0 Å². The van der Waals surface area contributed by atoms with E-state index >= 15 is 0 Å². The van der Waals surface area contributed by atoms with Crippen molar-refractivity contribution < 1.29 is 0 Å². The van der Waals surface area contributed by atoms with E-state index in [1.165, 1.54) is 5.56 Å². The summed E-state index contributed by atoms with van der Waals surface area (Å²) in [5, 5.41) is 1.06. The number of hydrogen-bond donors (Lipinski definition) is 1. The molecule has 3 rings (SSSR count). The molecule has 1 N–H and O–H groups in total. The number of aromatic nitrogens is 4. The smallest absolute Gasteiger partial charge is 0.254 e. The number of aryl methyl sites for hydroxylation is 3. The summed E-state index contributed by atoms with van der Waals surface area (Å²) in [5.41, 5.74) is 4.59. The van der Waals surface area contributed by atoms with Crippen molar-refractivity contribution in [3.05, 3.63) is 62.7 Å². The van der Waals surface area contributed by atoms with Gasteiger partial charge in [0.25, 0.3) is 5.56 Å². The van der Waals surface area contributed by atoms with Crippen molar-refractivity contribution >= 4 is 10.9 Å². The highest BCUT2D eigenvalue weighted by molar-refractivity contribution is 5.81. The second-order valence-corrected chi connectivity index (χ2v) is 7.43. The molecule has 0 aliphatic heterocycles. The lowest BCUT2D eigenvalue weighted by Gasteiger charge is -2.09.